The second-order valence-electron chi connectivity index (χ2n) is 8.47. The Hall–Kier alpha value is -2.60. The van der Waals surface area contributed by atoms with Crippen LogP contribution < -0.4 is 0 Å². The summed E-state index contributed by atoms with van der Waals surface area (Å²) < 4.78 is 0. The fraction of sp³-hybridized carbons (Fsp3) is 0.310. The summed E-state index contributed by atoms with van der Waals surface area (Å²) in [5.74, 6) is 1.45. The molecule has 0 N–H and O–H groups in total. The van der Waals surface area contributed by atoms with E-state index in [1.54, 1.807) is 0 Å². The van der Waals surface area contributed by atoms with Crippen molar-refractivity contribution in [2.75, 3.05) is 0 Å². The lowest BCUT2D eigenvalue weighted by atomic mass is 9.78. The minimum Gasteiger partial charge on any atom is -0.103 e. The number of rotatable bonds is 6. The Morgan fingerprint density at radius 2 is 1.52 bits per heavy atom. The van der Waals surface area contributed by atoms with Gasteiger partial charge < -0.3 is 0 Å². The van der Waals surface area contributed by atoms with Crippen molar-refractivity contribution in [1.29, 1.82) is 0 Å². The van der Waals surface area contributed by atoms with Crippen molar-refractivity contribution in [2.45, 2.75) is 51.4 Å². The normalized spacial score (nSPS) is 19.6. The quantitative estimate of drug-likeness (QED) is 0.376. The van der Waals surface area contributed by atoms with Crippen LogP contribution in [0.2, 0.25) is 0 Å². The van der Waals surface area contributed by atoms with Gasteiger partial charge in [-0.1, -0.05) is 72.8 Å². The zero-order valence-corrected chi connectivity index (χ0v) is 17.6. The number of allylic oxidation sites excluding steroid dienone is 3. The Balaban J connectivity index is 1.49. The SMILES string of the molecule is C=CC1CCC(c2ccc(-c3ccc4cc(CC/C=C/C)ccc4c3)cc2)CC1. The highest BCUT2D eigenvalue weighted by Crippen LogP contribution is 2.37. The Morgan fingerprint density at radius 1 is 0.828 bits per heavy atom. The number of hydrogen-bond donors (Lipinski definition) is 0. The van der Waals surface area contributed by atoms with Crippen LogP contribution in [0, 0.1) is 5.92 Å². The van der Waals surface area contributed by atoms with Gasteiger partial charge in [-0.25, -0.2) is 0 Å². The number of benzene rings is 3. The highest BCUT2D eigenvalue weighted by molar-refractivity contribution is 5.87. The number of fused-ring (bicyclic) bond motifs is 1. The van der Waals surface area contributed by atoms with Crippen molar-refractivity contribution in [3.63, 3.8) is 0 Å². The van der Waals surface area contributed by atoms with Crippen molar-refractivity contribution in [1.82, 2.24) is 0 Å². The minimum atomic E-state index is 0.720. The predicted octanol–water partition coefficient (Wildman–Crippen LogP) is 8.48. The zero-order chi connectivity index (χ0) is 20.1. The molecule has 4 rings (SSSR count). The van der Waals surface area contributed by atoms with Crippen LogP contribution in [-0.4, -0.2) is 0 Å². The Kier molecular flexibility index (Phi) is 6.30. The fourth-order valence-electron chi connectivity index (χ4n) is 4.68. The molecule has 0 aromatic heterocycles. The molecule has 0 bridgehead atoms. The summed E-state index contributed by atoms with van der Waals surface area (Å²) in [5.41, 5.74) is 5.54. The Labute approximate surface area is 176 Å². The van der Waals surface area contributed by atoms with Crippen molar-refractivity contribution < 1.29 is 0 Å². The maximum absolute atomic E-state index is 3.97. The van der Waals surface area contributed by atoms with Crippen molar-refractivity contribution in [2.24, 2.45) is 5.92 Å². The van der Waals surface area contributed by atoms with Crippen LogP contribution in [0.5, 0.6) is 0 Å². The van der Waals surface area contributed by atoms with E-state index >= 15 is 0 Å². The van der Waals surface area contributed by atoms with Gasteiger partial charge in [0.15, 0.2) is 0 Å². The average Bonchev–Trinajstić information content (AvgIpc) is 2.79. The molecule has 0 spiro atoms. The van der Waals surface area contributed by atoms with Crippen molar-refractivity contribution >= 4 is 10.8 Å². The summed E-state index contributed by atoms with van der Waals surface area (Å²) in [6.45, 7) is 6.05. The molecule has 3 aromatic rings. The van der Waals surface area contributed by atoms with E-state index in [9.17, 15) is 0 Å². The molecule has 0 amide bonds. The number of hydrogen-bond acceptors (Lipinski definition) is 0. The molecule has 0 unspecified atom stereocenters. The Bertz CT molecular complexity index is 982. The van der Waals surface area contributed by atoms with E-state index in [-0.39, 0.29) is 0 Å². The van der Waals surface area contributed by atoms with E-state index in [4.69, 9.17) is 0 Å². The molecule has 1 fully saturated rings. The predicted molar refractivity (Wildman–Crippen MR) is 127 cm³/mol. The molecule has 3 aromatic carbocycles. The maximum Gasteiger partial charge on any atom is -0.0162 e. The van der Waals surface area contributed by atoms with E-state index < -0.39 is 0 Å². The summed E-state index contributed by atoms with van der Waals surface area (Å²) >= 11 is 0. The molecule has 148 valence electrons. The summed E-state index contributed by atoms with van der Waals surface area (Å²) in [6, 6.07) is 23.1. The van der Waals surface area contributed by atoms with Gasteiger partial charge in [-0.15, -0.1) is 6.58 Å². The van der Waals surface area contributed by atoms with Gasteiger partial charge in [0.2, 0.25) is 0 Å². The molecular weight excluding hydrogens is 348 g/mol. The molecule has 0 saturated heterocycles. The van der Waals surface area contributed by atoms with E-state index in [1.807, 2.05) is 0 Å². The smallest absolute Gasteiger partial charge is 0.0162 e. The van der Waals surface area contributed by atoms with Crippen LogP contribution in [0.1, 0.15) is 56.1 Å². The van der Waals surface area contributed by atoms with Crippen LogP contribution in [0.4, 0.5) is 0 Å². The van der Waals surface area contributed by atoms with Crippen LogP contribution in [-0.2, 0) is 6.42 Å². The fourth-order valence-corrected chi connectivity index (χ4v) is 4.68. The first-order valence-electron chi connectivity index (χ1n) is 11.1. The van der Waals surface area contributed by atoms with E-state index in [2.05, 4.69) is 92.4 Å². The highest BCUT2D eigenvalue weighted by Gasteiger charge is 2.20. The van der Waals surface area contributed by atoms with Gasteiger partial charge in [-0.2, -0.15) is 0 Å². The van der Waals surface area contributed by atoms with Gasteiger partial charge in [-0.3, -0.25) is 0 Å². The average molecular weight is 381 g/mol. The summed E-state index contributed by atoms with van der Waals surface area (Å²) in [6.07, 6.45) is 13.9. The van der Waals surface area contributed by atoms with E-state index in [0.717, 1.165) is 24.7 Å². The van der Waals surface area contributed by atoms with E-state index in [0.29, 0.717) is 0 Å². The van der Waals surface area contributed by atoms with Crippen LogP contribution >= 0.6 is 0 Å². The first kappa shape index (κ1) is 19.7. The first-order valence-corrected chi connectivity index (χ1v) is 11.1. The van der Waals surface area contributed by atoms with Crippen LogP contribution in [0.25, 0.3) is 21.9 Å². The van der Waals surface area contributed by atoms with Gasteiger partial charge in [0.25, 0.3) is 0 Å². The van der Waals surface area contributed by atoms with Gasteiger partial charge in [0.1, 0.15) is 0 Å². The monoisotopic (exact) mass is 380 g/mol. The third-order valence-corrected chi connectivity index (χ3v) is 6.56. The molecule has 1 aliphatic rings. The van der Waals surface area contributed by atoms with Gasteiger partial charge in [0.05, 0.1) is 0 Å². The summed E-state index contributed by atoms with van der Waals surface area (Å²) in [5, 5.41) is 2.66. The Morgan fingerprint density at radius 3 is 2.24 bits per heavy atom. The van der Waals surface area contributed by atoms with Crippen LogP contribution in [0.15, 0.2) is 85.5 Å². The maximum atomic E-state index is 3.97. The zero-order valence-electron chi connectivity index (χ0n) is 17.6. The lowest BCUT2D eigenvalue weighted by molar-refractivity contribution is 0.376. The molecule has 1 aliphatic carbocycles. The topological polar surface area (TPSA) is 0 Å². The lowest BCUT2D eigenvalue weighted by Crippen LogP contribution is -2.11. The molecular formula is C29H32. The van der Waals surface area contributed by atoms with Gasteiger partial charge >= 0.3 is 0 Å². The van der Waals surface area contributed by atoms with Crippen molar-refractivity contribution in [3.8, 4) is 11.1 Å². The van der Waals surface area contributed by atoms with Gasteiger partial charge in [0, 0.05) is 0 Å². The largest absolute Gasteiger partial charge is 0.103 e. The number of aryl methyl sites for hydroxylation is 1. The second kappa shape index (κ2) is 9.27. The minimum absolute atomic E-state index is 0.720. The third kappa shape index (κ3) is 4.70. The molecule has 0 nitrogen and oxygen atoms in total. The first-order chi connectivity index (χ1) is 14.3. The summed E-state index contributed by atoms with van der Waals surface area (Å²) in [7, 11) is 0. The molecule has 0 atom stereocenters. The van der Waals surface area contributed by atoms with E-state index in [1.165, 1.54) is 58.7 Å². The molecule has 0 radical (unpaired) electrons. The summed E-state index contributed by atoms with van der Waals surface area (Å²) in [4.78, 5) is 0. The standard InChI is InChI=1S/C29H32/c1-3-5-6-7-23-10-13-29-21-28(19-18-27(29)20-23)26-16-14-25(15-17-26)24-11-8-22(4-2)9-12-24/h3-5,10,13-22,24H,2,6-9,11-12H2,1H3/b5-3+. The molecule has 0 heterocycles. The lowest BCUT2D eigenvalue weighted by Gasteiger charge is -2.27. The van der Waals surface area contributed by atoms with Crippen molar-refractivity contribution in [3.05, 3.63) is 96.6 Å². The second-order valence-corrected chi connectivity index (χ2v) is 8.47. The third-order valence-electron chi connectivity index (χ3n) is 6.56. The highest BCUT2D eigenvalue weighted by atomic mass is 14.2. The molecule has 1 saturated carbocycles. The van der Waals surface area contributed by atoms with Crippen LogP contribution in [0.3, 0.4) is 0 Å². The molecule has 29 heavy (non-hydrogen) atoms. The molecule has 0 heteroatoms. The molecule has 0 aliphatic heterocycles. The van der Waals surface area contributed by atoms with Gasteiger partial charge in [-0.05, 0) is 96.4 Å².